The molecule has 116 valence electrons. The van der Waals surface area contributed by atoms with E-state index in [1.165, 1.54) is 0 Å². The molecule has 1 N–H and O–H groups in total. The van der Waals surface area contributed by atoms with E-state index in [2.05, 4.69) is 10.1 Å². The van der Waals surface area contributed by atoms with E-state index in [-0.39, 0.29) is 11.9 Å². The summed E-state index contributed by atoms with van der Waals surface area (Å²) in [5.41, 5.74) is 0. The van der Waals surface area contributed by atoms with Crippen LogP contribution in [-0.4, -0.2) is 55.9 Å². The van der Waals surface area contributed by atoms with Crippen LogP contribution in [0, 0.1) is 5.92 Å². The van der Waals surface area contributed by atoms with Gasteiger partial charge in [-0.25, -0.2) is 0 Å². The van der Waals surface area contributed by atoms with Crippen LogP contribution < -0.4 is 5.32 Å². The van der Waals surface area contributed by atoms with E-state index in [1.54, 1.807) is 4.90 Å². The fraction of sp³-hybridized carbons (Fsp3) is 0.923. The van der Waals surface area contributed by atoms with Gasteiger partial charge in [-0.1, -0.05) is 0 Å². The summed E-state index contributed by atoms with van der Waals surface area (Å²) >= 11 is 0. The van der Waals surface area contributed by atoms with Gasteiger partial charge >= 0.3 is 6.18 Å². The Labute approximate surface area is 116 Å². The molecule has 1 aliphatic heterocycles. The smallest absolute Gasteiger partial charge is 0.362 e. The van der Waals surface area contributed by atoms with Crippen LogP contribution in [0.25, 0.3) is 0 Å². The van der Waals surface area contributed by atoms with Gasteiger partial charge in [0.05, 0.1) is 0 Å². The molecular weight excluding hydrogens is 273 g/mol. The average molecular weight is 294 g/mol. The first-order chi connectivity index (χ1) is 9.44. The van der Waals surface area contributed by atoms with E-state index in [4.69, 9.17) is 0 Å². The normalized spacial score (nSPS) is 23.1. The number of hydrogen-bond acceptors (Lipinski definition) is 3. The van der Waals surface area contributed by atoms with Crippen LogP contribution in [0.2, 0.25) is 0 Å². The first kappa shape index (κ1) is 15.6. The number of carbonyl (C=O) groups excluding carboxylic acids is 1. The number of hydrogen-bond donors (Lipinski definition) is 1. The molecule has 2 fully saturated rings. The van der Waals surface area contributed by atoms with Crippen molar-refractivity contribution in [2.45, 2.75) is 37.9 Å². The van der Waals surface area contributed by atoms with Gasteiger partial charge in [0.2, 0.25) is 5.91 Å². The van der Waals surface area contributed by atoms with Crippen molar-refractivity contribution in [1.82, 2.24) is 10.2 Å². The van der Waals surface area contributed by atoms with Gasteiger partial charge in [-0.2, -0.15) is 13.2 Å². The highest BCUT2D eigenvalue weighted by atomic mass is 19.4. The van der Waals surface area contributed by atoms with Crippen LogP contribution >= 0.6 is 0 Å². The summed E-state index contributed by atoms with van der Waals surface area (Å²) in [6, 6.07) is 0.264. The van der Waals surface area contributed by atoms with Gasteiger partial charge in [0, 0.05) is 19.1 Å². The molecule has 1 aliphatic carbocycles. The zero-order valence-electron chi connectivity index (χ0n) is 11.4. The van der Waals surface area contributed by atoms with Crippen LogP contribution in [0.15, 0.2) is 0 Å². The number of rotatable bonds is 7. The lowest BCUT2D eigenvalue weighted by Crippen LogP contribution is -2.44. The Morgan fingerprint density at radius 1 is 1.25 bits per heavy atom. The molecule has 2 aliphatic rings. The Balaban J connectivity index is 1.76. The summed E-state index contributed by atoms with van der Waals surface area (Å²) in [5, 5.41) is 3.30. The lowest BCUT2D eigenvalue weighted by molar-refractivity contribution is -0.178. The van der Waals surface area contributed by atoms with E-state index in [1.807, 2.05) is 0 Å². The number of amides is 1. The first-order valence-electron chi connectivity index (χ1n) is 7.10. The number of nitrogens with zero attached hydrogens (tertiary/aromatic N) is 1. The maximum atomic E-state index is 12.0. The predicted octanol–water partition coefficient (Wildman–Crippen LogP) is 1.56. The zero-order valence-corrected chi connectivity index (χ0v) is 11.4. The van der Waals surface area contributed by atoms with Gasteiger partial charge < -0.3 is 15.0 Å². The molecule has 0 aromatic heterocycles. The van der Waals surface area contributed by atoms with Crippen molar-refractivity contribution in [2.75, 3.05) is 32.8 Å². The number of nitrogens with one attached hydrogen (secondary N) is 1. The monoisotopic (exact) mass is 294 g/mol. The molecule has 20 heavy (non-hydrogen) atoms. The lowest BCUT2D eigenvalue weighted by atomic mass is 10.2. The molecule has 2 rings (SSSR count). The molecule has 0 bridgehead atoms. The van der Waals surface area contributed by atoms with Crippen molar-refractivity contribution in [2.24, 2.45) is 5.92 Å². The number of halogens is 3. The SMILES string of the molecule is O=C(COCC(F)(F)F)N(CC1CC1)CC1CCCN1. The highest BCUT2D eigenvalue weighted by Crippen LogP contribution is 2.30. The molecule has 4 nitrogen and oxygen atoms in total. The summed E-state index contributed by atoms with van der Waals surface area (Å²) in [7, 11) is 0. The van der Waals surface area contributed by atoms with Crippen molar-refractivity contribution < 1.29 is 22.7 Å². The number of ether oxygens (including phenoxy) is 1. The lowest BCUT2D eigenvalue weighted by Gasteiger charge is -2.26. The molecule has 0 spiro atoms. The Hall–Kier alpha value is -0.820. The van der Waals surface area contributed by atoms with E-state index in [0.717, 1.165) is 32.2 Å². The average Bonchev–Trinajstić information content (AvgIpc) is 3.01. The summed E-state index contributed by atoms with van der Waals surface area (Å²) < 4.78 is 40.5. The summed E-state index contributed by atoms with van der Waals surface area (Å²) in [4.78, 5) is 13.6. The molecule has 7 heteroatoms. The van der Waals surface area contributed by atoms with E-state index >= 15 is 0 Å². The minimum absolute atomic E-state index is 0.264. The second-order valence-electron chi connectivity index (χ2n) is 5.64. The first-order valence-corrected chi connectivity index (χ1v) is 7.10. The number of alkyl halides is 3. The molecule has 1 amide bonds. The second-order valence-corrected chi connectivity index (χ2v) is 5.64. The summed E-state index contributed by atoms with van der Waals surface area (Å²) in [5.74, 6) is 0.179. The van der Waals surface area contributed by atoms with Gasteiger partial charge in [-0.3, -0.25) is 4.79 Å². The van der Waals surface area contributed by atoms with Crippen LogP contribution in [0.1, 0.15) is 25.7 Å². The van der Waals surface area contributed by atoms with Crippen molar-refractivity contribution in [1.29, 1.82) is 0 Å². The van der Waals surface area contributed by atoms with Crippen molar-refractivity contribution in [3.63, 3.8) is 0 Å². The van der Waals surface area contributed by atoms with Gasteiger partial charge in [-0.15, -0.1) is 0 Å². The third-order valence-electron chi connectivity index (χ3n) is 3.62. The molecule has 1 heterocycles. The molecule has 0 aromatic rings. The number of carbonyl (C=O) groups is 1. The van der Waals surface area contributed by atoms with Crippen molar-refractivity contribution >= 4 is 5.91 Å². The van der Waals surface area contributed by atoms with Crippen molar-refractivity contribution in [3.8, 4) is 0 Å². The molecule has 0 aromatic carbocycles. The van der Waals surface area contributed by atoms with Gasteiger partial charge in [-0.05, 0) is 38.1 Å². The fourth-order valence-corrected chi connectivity index (χ4v) is 2.41. The van der Waals surface area contributed by atoms with Gasteiger partial charge in [0.25, 0.3) is 0 Å². The summed E-state index contributed by atoms with van der Waals surface area (Å²) in [6.07, 6.45) is -0.0796. The minimum atomic E-state index is -4.38. The van der Waals surface area contributed by atoms with Crippen molar-refractivity contribution in [3.05, 3.63) is 0 Å². The van der Waals surface area contributed by atoms with Crippen LogP contribution in [0.4, 0.5) is 13.2 Å². The maximum absolute atomic E-state index is 12.0. The third kappa shape index (κ3) is 5.66. The topological polar surface area (TPSA) is 41.6 Å². The highest BCUT2D eigenvalue weighted by Gasteiger charge is 2.31. The molecule has 1 atom stereocenters. The quantitative estimate of drug-likeness (QED) is 0.775. The summed E-state index contributed by atoms with van der Waals surface area (Å²) in [6.45, 7) is 0.314. The van der Waals surface area contributed by atoms with Crippen LogP contribution in [-0.2, 0) is 9.53 Å². The van der Waals surface area contributed by atoms with E-state index in [9.17, 15) is 18.0 Å². The Bertz CT molecular complexity index is 326. The molecule has 0 radical (unpaired) electrons. The fourth-order valence-electron chi connectivity index (χ4n) is 2.41. The molecule has 1 saturated heterocycles. The van der Waals surface area contributed by atoms with Gasteiger partial charge in [0.15, 0.2) is 0 Å². The standard InChI is InChI=1S/C13H21F3N2O2/c14-13(15,16)9-20-8-12(19)18(6-10-3-4-10)7-11-2-1-5-17-11/h10-11,17H,1-9H2. The third-order valence-corrected chi connectivity index (χ3v) is 3.62. The highest BCUT2D eigenvalue weighted by molar-refractivity contribution is 5.77. The van der Waals surface area contributed by atoms with Crippen LogP contribution in [0.5, 0.6) is 0 Å². The predicted molar refractivity (Wildman–Crippen MR) is 67.2 cm³/mol. The Morgan fingerprint density at radius 3 is 2.55 bits per heavy atom. The Morgan fingerprint density at radius 2 is 2.00 bits per heavy atom. The van der Waals surface area contributed by atoms with E-state index in [0.29, 0.717) is 19.0 Å². The molecule has 1 saturated carbocycles. The van der Waals surface area contributed by atoms with Crippen LogP contribution in [0.3, 0.4) is 0 Å². The molecular formula is C13H21F3N2O2. The molecule has 1 unspecified atom stereocenters. The largest absolute Gasteiger partial charge is 0.411 e. The zero-order chi connectivity index (χ0) is 14.6. The van der Waals surface area contributed by atoms with E-state index < -0.39 is 19.4 Å². The second kappa shape index (κ2) is 6.76. The maximum Gasteiger partial charge on any atom is 0.411 e. The Kier molecular flexibility index (Phi) is 5.26. The minimum Gasteiger partial charge on any atom is -0.362 e. The van der Waals surface area contributed by atoms with Gasteiger partial charge in [0.1, 0.15) is 13.2 Å².